The highest BCUT2D eigenvalue weighted by molar-refractivity contribution is 6.30. The summed E-state index contributed by atoms with van der Waals surface area (Å²) in [4.78, 5) is 29.2. The first-order valence-electron chi connectivity index (χ1n) is 11.3. The van der Waals surface area contributed by atoms with Gasteiger partial charge in [0.05, 0.1) is 39.9 Å². The van der Waals surface area contributed by atoms with E-state index in [0.29, 0.717) is 25.7 Å². The Hall–Kier alpha value is -2.92. The lowest BCUT2D eigenvalue weighted by atomic mass is 9.55. The van der Waals surface area contributed by atoms with Crippen molar-refractivity contribution >= 4 is 23.4 Å². The maximum Gasteiger partial charge on any atom is 0.417 e. The summed E-state index contributed by atoms with van der Waals surface area (Å²) in [7, 11) is 0. The molecule has 1 aromatic carbocycles. The molecule has 1 atom stereocenters. The van der Waals surface area contributed by atoms with Gasteiger partial charge < -0.3 is 20.5 Å². The van der Waals surface area contributed by atoms with Crippen LogP contribution in [0.4, 0.5) is 17.6 Å². The number of aliphatic hydroxyl groups is 1. The van der Waals surface area contributed by atoms with Crippen LogP contribution in [0.15, 0.2) is 36.5 Å². The molecule has 5 rings (SSSR count). The Labute approximate surface area is 209 Å². The van der Waals surface area contributed by atoms with Gasteiger partial charge in [-0.15, -0.1) is 0 Å². The molecular formula is C24H24ClF4N3O4. The minimum absolute atomic E-state index is 0.0423. The molecule has 2 aromatic rings. The molecular weight excluding hydrogens is 506 g/mol. The second-order valence-corrected chi connectivity index (χ2v) is 9.70. The number of carbonyl (C=O) groups is 2. The number of ether oxygens (including phenoxy) is 1. The van der Waals surface area contributed by atoms with Gasteiger partial charge >= 0.3 is 6.18 Å². The summed E-state index contributed by atoms with van der Waals surface area (Å²) < 4.78 is 56.9. The molecule has 0 saturated heterocycles. The van der Waals surface area contributed by atoms with Gasteiger partial charge in [0.2, 0.25) is 5.91 Å². The second kappa shape index (κ2) is 9.85. The van der Waals surface area contributed by atoms with E-state index >= 15 is 0 Å². The van der Waals surface area contributed by atoms with E-state index in [9.17, 15) is 32.3 Å². The van der Waals surface area contributed by atoms with E-state index in [1.54, 1.807) is 0 Å². The summed E-state index contributed by atoms with van der Waals surface area (Å²) in [5, 5.41) is 16.3. The molecule has 3 N–H and O–H groups in total. The number of hydrogen-bond donors (Lipinski definition) is 3. The molecule has 0 aliphatic heterocycles. The summed E-state index contributed by atoms with van der Waals surface area (Å²) in [6, 6.07) is 5.92. The molecule has 3 aliphatic rings. The fourth-order valence-corrected chi connectivity index (χ4v) is 5.01. The predicted octanol–water partition coefficient (Wildman–Crippen LogP) is 3.77. The molecule has 1 aromatic heterocycles. The van der Waals surface area contributed by atoms with E-state index in [0.717, 1.165) is 18.3 Å². The fraction of sp³-hybridized carbons (Fsp3) is 0.458. The zero-order valence-electron chi connectivity index (χ0n) is 19.0. The summed E-state index contributed by atoms with van der Waals surface area (Å²) in [5.74, 6) is -1.34. The standard InChI is InChI=1S/C24H24ClF4N3O4/c25-17-4-3-16(9-18(17)26)36-13-20(34)32-23-7-5-22(6-8-23,10-19(23)33)21(35)31-12-15-2-1-14(11-30-15)24(27,28)29/h1-4,9,11,19,33H,5-8,10,12-13H2,(H,31,35)(H,32,34). The number of aromatic nitrogens is 1. The maximum absolute atomic E-state index is 13.5. The van der Waals surface area contributed by atoms with Crippen molar-refractivity contribution in [2.75, 3.05) is 6.61 Å². The Morgan fingerprint density at radius 3 is 2.47 bits per heavy atom. The predicted molar refractivity (Wildman–Crippen MR) is 120 cm³/mol. The molecule has 7 nitrogen and oxygen atoms in total. The first-order valence-corrected chi connectivity index (χ1v) is 11.7. The highest BCUT2D eigenvalue weighted by Gasteiger charge is 2.57. The molecule has 194 valence electrons. The van der Waals surface area contributed by atoms with Crippen LogP contribution in [0.5, 0.6) is 5.75 Å². The number of hydrogen-bond acceptors (Lipinski definition) is 5. The highest BCUT2D eigenvalue weighted by Crippen LogP contribution is 2.52. The number of rotatable bonds is 7. The van der Waals surface area contributed by atoms with E-state index in [2.05, 4.69) is 15.6 Å². The van der Waals surface area contributed by atoms with Crippen LogP contribution < -0.4 is 15.4 Å². The third-order valence-corrected chi connectivity index (χ3v) is 7.34. The largest absolute Gasteiger partial charge is 0.484 e. The topological polar surface area (TPSA) is 101 Å². The number of fused-ring (bicyclic) bond motifs is 3. The van der Waals surface area contributed by atoms with Crippen LogP contribution in [-0.4, -0.2) is 40.2 Å². The van der Waals surface area contributed by atoms with E-state index < -0.39 is 40.5 Å². The lowest BCUT2D eigenvalue weighted by Crippen LogP contribution is -2.67. The van der Waals surface area contributed by atoms with Gasteiger partial charge in [0.25, 0.3) is 5.91 Å². The van der Waals surface area contributed by atoms with E-state index in [1.807, 2.05) is 0 Å². The molecule has 0 spiro atoms. The van der Waals surface area contributed by atoms with Crippen LogP contribution in [0.1, 0.15) is 43.4 Å². The average Bonchev–Trinajstić information content (AvgIpc) is 2.84. The first kappa shape index (κ1) is 26.2. The molecule has 1 unspecified atom stereocenters. The van der Waals surface area contributed by atoms with Gasteiger partial charge in [-0.2, -0.15) is 13.2 Å². The SMILES string of the molecule is O=C(COc1ccc(Cl)c(F)c1)NC12CCC(C(=O)NCc3ccc(C(F)(F)F)cn3)(CC1)CC2O. The Kier molecular flexibility index (Phi) is 7.16. The van der Waals surface area contributed by atoms with Crippen LogP contribution in [0, 0.1) is 11.2 Å². The summed E-state index contributed by atoms with van der Waals surface area (Å²) in [6.07, 6.45) is -3.07. The number of aliphatic hydroxyl groups excluding tert-OH is 1. The lowest BCUT2D eigenvalue weighted by molar-refractivity contribution is -0.151. The van der Waals surface area contributed by atoms with Gasteiger partial charge in [-0.05, 0) is 56.4 Å². The molecule has 3 fully saturated rings. The van der Waals surface area contributed by atoms with Crippen molar-refractivity contribution in [3.05, 3.63) is 58.6 Å². The number of pyridine rings is 1. The monoisotopic (exact) mass is 529 g/mol. The quantitative estimate of drug-likeness (QED) is 0.474. The van der Waals surface area contributed by atoms with Crippen LogP contribution in [0.2, 0.25) is 5.02 Å². The zero-order chi connectivity index (χ0) is 26.1. The maximum atomic E-state index is 13.5. The Morgan fingerprint density at radius 1 is 1.17 bits per heavy atom. The zero-order valence-corrected chi connectivity index (χ0v) is 19.8. The normalized spacial score (nSPS) is 25.3. The second-order valence-electron chi connectivity index (χ2n) is 9.29. The number of nitrogens with zero attached hydrogens (tertiary/aromatic N) is 1. The number of carbonyl (C=O) groups excluding carboxylic acids is 2. The van der Waals surface area contributed by atoms with Crippen molar-refractivity contribution in [2.45, 2.75) is 56.5 Å². The van der Waals surface area contributed by atoms with Crippen LogP contribution in [0.3, 0.4) is 0 Å². The Balaban J connectivity index is 1.30. The van der Waals surface area contributed by atoms with Crippen molar-refractivity contribution < 1.29 is 37.0 Å². The summed E-state index contributed by atoms with van der Waals surface area (Å²) in [6.45, 7) is -0.430. The molecule has 1 heterocycles. The van der Waals surface area contributed by atoms with Gasteiger partial charge in [-0.3, -0.25) is 14.6 Å². The smallest absolute Gasteiger partial charge is 0.417 e. The molecule has 2 amide bonds. The Morgan fingerprint density at radius 2 is 1.89 bits per heavy atom. The third-order valence-electron chi connectivity index (χ3n) is 7.03. The van der Waals surface area contributed by atoms with Gasteiger partial charge in [0, 0.05) is 12.3 Å². The highest BCUT2D eigenvalue weighted by atomic mass is 35.5. The van der Waals surface area contributed by atoms with E-state index in [4.69, 9.17) is 16.3 Å². The third kappa shape index (κ3) is 5.41. The number of alkyl halides is 3. The first-order chi connectivity index (χ1) is 16.9. The number of benzene rings is 1. The number of halogens is 5. The molecule has 12 heteroatoms. The van der Waals surface area contributed by atoms with Crippen molar-refractivity contribution in [1.29, 1.82) is 0 Å². The van der Waals surface area contributed by atoms with Crippen molar-refractivity contribution in [1.82, 2.24) is 15.6 Å². The van der Waals surface area contributed by atoms with Crippen molar-refractivity contribution in [3.63, 3.8) is 0 Å². The minimum Gasteiger partial charge on any atom is -0.484 e. The molecule has 36 heavy (non-hydrogen) atoms. The fourth-order valence-electron chi connectivity index (χ4n) is 4.89. The van der Waals surface area contributed by atoms with Crippen molar-refractivity contribution in [2.24, 2.45) is 5.41 Å². The van der Waals surface area contributed by atoms with Crippen molar-refractivity contribution in [3.8, 4) is 5.75 Å². The van der Waals surface area contributed by atoms with Gasteiger partial charge in [-0.25, -0.2) is 4.39 Å². The summed E-state index contributed by atoms with van der Waals surface area (Å²) in [5.41, 5.74) is -2.33. The number of nitrogens with one attached hydrogen (secondary N) is 2. The molecule has 3 saturated carbocycles. The molecule has 2 bridgehead atoms. The van der Waals surface area contributed by atoms with E-state index in [-0.39, 0.29) is 41.9 Å². The number of amides is 2. The molecule has 0 radical (unpaired) electrons. The lowest BCUT2D eigenvalue weighted by Gasteiger charge is -2.55. The summed E-state index contributed by atoms with van der Waals surface area (Å²) >= 11 is 5.63. The Bertz CT molecular complexity index is 1140. The van der Waals surface area contributed by atoms with Gasteiger partial charge in [0.15, 0.2) is 6.61 Å². The molecule has 3 aliphatic carbocycles. The van der Waals surface area contributed by atoms with Gasteiger partial charge in [0.1, 0.15) is 11.6 Å². The van der Waals surface area contributed by atoms with Crippen LogP contribution in [0.25, 0.3) is 0 Å². The van der Waals surface area contributed by atoms with Crippen LogP contribution in [-0.2, 0) is 22.3 Å². The van der Waals surface area contributed by atoms with E-state index in [1.165, 1.54) is 18.2 Å². The van der Waals surface area contributed by atoms with Crippen LogP contribution >= 0.6 is 11.6 Å². The minimum atomic E-state index is -4.49. The van der Waals surface area contributed by atoms with Gasteiger partial charge in [-0.1, -0.05) is 11.6 Å². The average molecular weight is 530 g/mol.